The molecule has 2 saturated heterocycles. The average molecular weight is 145 g/mol. The van der Waals surface area contributed by atoms with E-state index in [1.54, 1.807) is 12.1 Å². The van der Waals surface area contributed by atoms with Crippen molar-refractivity contribution in [1.82, 2.24) is 14.3 Å². The van der Waals surface area contributed by atoms with Gasteiger partial charge in [0.15, 0.2) is 0 Å². The summed E-state index contributed by atoms with van der Waals surface area (Å²) in [4.78, 5) is 0. The summed E-state index contributed by atoms with van der Waals surface area (Å²) in [6.07, 6.45) is 0. The van der Waals surface area contributed by atoms with Gasteiger partial charge in [-0.3, -0.25) is 0 Å². The molecule has 4 heteroatoms. The first-order valence-corrected chi connectivity index (χ1v) is 4.11. The van der Waals surface area contributed by atoms with E-state index in [1.165, 1.54) is 6.54 Å². The molecule has 0 aromatic rings. The van der Waals surface area contributed by atoms with E-state index in [9.17, 15) is 0 Å². The highest BCUT2D eigenvalue weighted by Gasteiger charge is 2.27. The molecule has 0 amide bonds. The van der Waals surface area contributed by atoms with E-state index >= 15 is 0 Å². The number of rotatable bonds is 0. The van der Waals surface area contributed by atoms with Gasteiger partial charge in [0.2, 0.25) is 0 Å². The molecule has 0 aliphatic carbocycles. The lowest BCUT2D eigenvalue weighted by Crippen LogP contribution is -2.46. The number of hydrogen-bond donors (Lipinski definition) is 2. The highest BCUT2D eigenvalue weighted by Crippen LogP contribution is 2.18. The summed E-state index contributed by atoms with van der Waals surface area (Å²) in [5.41, 5.74) is 0. The van der Waals surface area contributed by atoms with Crippen LogP contribution >= 0.6 is 12.1 Å². The topological polar surface area (TPSA) is 27.3 Å². The Labute approximate surface area is 59.4 Å². The van der Waals surface area contributed by atoms with E-state index in [4.69, 9.17) is 0 Å². The van der Waals surface area contributed by atoms with Gasteiger partial charge in [-0.25, -0.2) is 9.03 Å². The van der Waals surface area contributed by atoms with Gasteiger partial charge in [-0.1, -0.05) is 0 Å². The molecular formula is C5H11N3S. The van der Waals surface area contributed by atoms with Crippen LogP contribution < -0.4 is 10.0 Å². The van der Waals surface area contributed by atoms with Crippen LogP contribution in [0.25, 0.3) is 0 Å². The molecular weight excluding hydrogens is 134 g/mol. The minimum absolute atomic E-state index is 0.740. The molecule has 2 fully saturated rings. The van der Waals surface area contributed by atoms with Crippen molar-refractivity contribution in [3.8, 4) is 0 Å². The fraction of sp³-hybridized carbons (Fsp3) is 1.00. The maximum absolute atomic E-state index is 3.36. The Bertz CT molecular complexity index is 96.4. The maximum Gasteiger partial charge on any atom is 0.0474 e. The molecule has 0 radical (unpaired) electrons. The van der Waals surface area contributed by atoms with Crippen molar-refractivity contribution < 1.29 is 0 Å². The molecule has 2 N–H and O–H groups in total. The van der Waals surface area contributed by atoms with Crippen LogP contribution in [-0.2, 0) is 0 Å². The number of piperazine rings is 1. The zero-order chi connectivity index (χ0) is 6.10. The lowest BCUT2D eigenvalue weighted by atomic mass is 10.2. The van der Waals surface area contributed by atoms with Crippen LogP contribution in [-0.4, -0.2) is 36.5 Å². The lowest BCUT2D eigenvalue weighted by Gasteiger charge is -2.26. The summed E-state index contributed by atoms with van der Waals surface area (Å²) in [5.74, 6) is 0. The van der Waals surface area contributed by atoms with Crippen molar-refractivity contribution in [2.75, 3.05) is 26.2 Å². The van der Waals surface area contributed by atoms with Crippen LogP contribution in [0.5, 0.6) is 0 Å². The maximum atomic E-state index is 3.36. The molecule has 1 unspecified atom stereocenters. The molecule has 2 heterocycles. The van der Waals surface area contributed by atoms with Crippen molar-refractivity contribution in [2.24, 2.45) is 0 Å². The summed E-state index contributed by atoms with van der Waals surface area (Å²) in [6, 6.07) is 0.740. The van der Waals surface area contributed by atoms with Gasteiger partial charge in [0.25, 0.3) is 0 Å². The fourth-order valence-electron chi connectivity index (χ4n) is 1.25. The fourth-order valence-corrected chi connectivity index (χ4v) is 2.17. The third kappa shape index (κ3) is 1.08. The zero-order valence-corrected chi connectivity index (χ0v) is 6.08. The van der Waals surface area contributed by atoms with Gasteiger partial charge >= 0.3 is 0 Å². The zero-order valence-electron chi connectivity index (χ0n) is 5.26. The summed E-state index contributed by atoms with van der Waals surface area (Å²) >= 11 is 1.77. The molecule has 2 rings (SSSR count). The van der Waals surface area contributed by atoms with Gasteiger partial charge in [-0.2, -0.15) is 0 Å². The minimum Gasteiger partial charge on any atom is -0.314 e. The van der Waals surface area contributed by atoms with Gasteiger partial charge in [-0.15, -0.1) is 0 Å². The van der Waals surface area contributed by atoms with E-state index in [1.807, 2.05) is 0 Å². The monoisotopic (exact) mass is 145 g/mol. The number of fused-ring (bicyclic) bond motifs is 1. The third-order valence-electron chi connectivity index (χ3n) is 1.80. The van der Waals surface area contributed by atoms with E-state index < -0.39 is 0 Å². The first kappa shape index (κ1) is 5.97. The minimum atomic E-state index is 0.740. The molecule has 0 bridgehead atoms. The summed E-state index contributed by atoms with van der Waals surface area (Å²) in [6.45, 7) is 4.62. The second kappa shape index (κ2) is 2.46. The van der Waals surface area contributed by atoms with Crippen LogP contribution in [0.2, 0.25) is 0 Å². The average Bonchev–Trinajstić information content (AvgIpc) is 2.33. The Balaban J connectivity index is 1.97. The molecule has 1 atom stereocenters. The Morgan fingerprint density at radius 2 is 2.44 bits per heavy atom. The molecule has 52 valence electrons. The molecule has 0 spiro atoms. The highest BCUT2D eigenvalue weighted by atomic mass is 32.2. The highest BCUT2D eigenvalue weighted by molar-refractivity contribution is 7.95. The van der Waals surface area contributed by atoms with Gasteiger partial charge < -0.3 is 5.32 Å². The van der Waals surface area contributed by atoms with Crippen molar-refractivity contribution >= 4 is 12.1 Å². The lowest BCUT2D eigenvalue weighted by molar-refractivity contribution is 0.314. The first-order chi connectivity index (χ1) is 4.47. The van der Waals surface area contributed by atoms with Crippen LogP contribution in [0.4, 0.5) is 0 Å². The molecule has 0 aromatic carbocycles. The Kier molecular flexibility index (Phi) is 1.63. The normalized spacial score (nSPS) is 36.7. The Morgan fingerprint density at radius 1 is 1.44 bits per heavy atom. The van der Waals surface area contributed by atoms with E-state index in [-0.39, 0.29) is 0 Å². The molecule has 0 saturated carbocycles. The second-order valence-corrected chi connectivity index (χ2v) is 3.38. The predicted molar refractivity (Wildman–Crippen MR) is 39.0 cm³/mol. The van der Waals surface area contributed by atoms with Crippen molar-refractivity contribution in [3.05, 3.63) is 0 Å². The number of hydrogen-bond acceptors (Lipinski definition) is 4. The van der Waals surface area contributed by atoms with E-state index in [2.05, 4.69) is 14.3 Å². The van der Waals surface area contributed by atoms with E-state index in [0.717, 1.165) is 25.7 Å². The Morgan fingerprint density at radius 3 is 3.33 bits per heavy atom. The number of nitrogens with zero attached hydrogens (tertiary/aromatic N) is 1. The van der Waals surface area contributed by atoms with Crippen molar-refractivity contribution in [2.45, 2.75) is 6.04 Å². The molecule has 2 aliphatic heterocycles. The van der Waals surface area contributed by atoms with Crippen LogP contribution in [0.1, 0.15) is 0 Å². The quantitative estimate of drug-likeness (QED) is 0.446. The molecule has 3 nitrogen and oxygen atoms in total. The summed E-state index contributed by atoms with van der Waals surface area (Å²) in [7, 11) is 0. The van der Waals surface area contributed by atoms with Gasteiger partial charge in [0.05, 0.1) is 0 Å². The van der Waals surface area contributed by atoms with E-state index in [0.29, 0.717) is 0 Å². The van der Waals surface area contributed by atoms with Gasteiger partial charge in [0.1, 0.15) is 0 Å². The smallest absolute Gasteiger partial charge is 0.0474 e. The largest absolute Gasteiger partial charge is 0.314 e. The predicted octanol–water partition coefficient (Wildman–Crippen LogP) is -0.573. The molecule has 2 aliphatic rings. The summed E-state index contributed by atoms with van der Waals surface area (Å²) in [5, 5.41) is 3.36. The van der Waals surface area contributed by atoms with Crippen molar-refractivity contribution in [3.63, 3.8) is 0 Å². The SMILES string of the molecule is C1CN2SNCC2CN1. The molecule has 0 aromatic heterocycles. The summed E-state index contributed by atoms with van der Waals surface area (Å²) < 4.78 is 5.68. The van der Waals surface area contributed by atoms with Gasteiger partial charge in [0, 0.05) is 44.4 Å². The third-order valence-corrected chi connectivity index (χ3v) is 2.81. The first-order valence-electron chi connectivity index (χ1n) is 3.34. The van der Waals surface area contributed by atoms with Crippen LogP contribution in [0.3, 0.4) is 0 Å². The number of nitrogens with one attached hydrogen (secondary N) is 2. The van der Waals surface area contributed by atoms with Gasteiger partial charge in [-0.05, 0) is 0 Å². The Hall–Kier alpha value is 0.230. The van der Waals surface area contributed by atoms with Crippen LogP contribution in [0, 0.1) is 0 Å². The standard InChI is InChI=1S/C5H11N3S/c1-2-8-5(3-6-1)4-7-9-8/h5-7H,1-4H2. The molecule has 9 heavy (non-hydrogen) atoms. The second-order valence-electron chi connectivity index (χ2n) is 2.44. The van der Waals surface area contributed by atoms with Crippen molar-refractivity contribution in [1.29, 1.82) is 0 Å². The van der Waals surface area contributed by atoms with Crippen LogP contribution in [0.15, 0.2) is 0 Å².